The zero-order chi connectivity index (χ0) is 22.1. The van der Waals surface area contributed by atoms with Gasteiger partial charge in [0.1, 0.15) is 11.8 Å². The summed E-state index contributed by atoms with van der Waals surface area (Å²) < 4.78 is 1.47. The predicted octanol–water partition coefficient (Wildman–Crippen LogP) is 2.66. The molecule has 160 valence electrons. The van der Waals surface area contributed by atoms with Gasteiger partial charge in [-0.2, -0.15) is 0 Å². The Morgan fingerprint density at radius 1 is 1.19 bits per heavy atom. The van der Waals surface area contributed by atoms with Gasteiger partial charge >= 0.3 is 6.03 Å². The molecule has 2 aromatic carbocycles. The van der Waals surface area contributed by atoms with Crippen molar-refractivity contribution in [2.24, 2.45) is 0 Å². The molecule has 0 spiro atoms. The lowest BCUT2D eigenvalue weighted by Gasteiger charge is -2.22. The summed E-state index contributed by atoms with van der Waals surface area (Å²) in [5.41, 5.74) is 1.99. The van der Waals surface area contributed by atoms with E-state index in [4.69, 9.17) is 0 Å². The SMILES string of the molecule is Cc1ccc(NC(=O)NCc2ccc3c(O)n(C4CCC(=O)NC4=O)cc3c2)cc1O. The molecule has 1 aromatic heterocycles. The van der Waals surface area contributed by atoms with Gasteiger partial charge in [-0.25, -0.2) is 4.79 Å². The molecule has 9 heteroatoms. The first kappa shape index (κ1) is 20.3. The lowest BCUT2D eigenvalue weighted by molar-refractivity contribution is -0.135. The van der Waals surface area contributed by atoms with Crippen molar-refractivity contribution in [1.82, 2.24) is 15.2 Å². The van der Waals surface area contributed by atoms with Crippen molar-refractivity contribution < 1.29 is 24.6 Å². The Morgan fingerprint density at radius 2 is 2.00 bits per heavy atom. The molecular formula is C22H22N4O5. The summed E-state index contributed by atoms with van der Waals surface area (Å²) in [5, 5.41) is 29.2. The first-order chi connectivity index (χ1) is 14.8. The van der Waals surface area contributed by atoms with Gasteiger partial charge in [0, 0.05) is 41.7 Å². The maximum absolute atomic E-state index is 12.2. The Balaban J connectivity index is 1.45. The van der Waals surface area contributed by atoms with Crippen LogP contribution < -0.4 is 16.0 Å². The molecule has 31 heavy (non-hydrogen) atoms. The predicted molar refractivity (Wildman–Crippen MR) is 114 cm³/mol. The largest absolute Gasteiger partial charge is 0.508 e. The van der Waals surface area contributed by atoms with Crippen LogP contribution in [0.2, 0.25) is 0 Å². The van der Waals surface area contributed by atoms with Gasteiger partial charge in [-0.05, 0) is 42.7 Å². The number of phenolic OH excluding ortho intramolecular Hbond substituents is 1. The molecule has 1 atom stereocenters. The topological polar surface area (TPSA) is 133 Å². The van der Waals surface area contributed by atoms with Crippen LogP contribution in [0, 0.1) is 6.92 Å². The first-order valence-electron chi connectivity index (χ1n) is 9.82. The van der Waals surface area contributed by atoms with Gasteiger partial charge < -0.3 is 25.4 Å². The van der Waals surface area contributed by atoms with Crippen LogP contribution in [0.15, 0.2) is 42.6 Å². The molecule has 2 heterocycles. The lowest BCUT2D eigenvalue weighted by atomic mass is 10.1. The van der Waals surface area contributed by atoms with Crippen molar-refractivity contribution in [2.75, 3.05) is 5.32 Å². The molecule has 4 rings (SSSR count). The van der Waals surface area contributed by atoms with Gasteiger partial charge in [0.15, 0.2) is 5.88 Å². The minimum Gasteiger partial charge on any atom is -0.508 e. The molecule has 0 radical (unpaired) electrons. The monoisotopic (exact) mass is 422 g/mol. The second-order valence-corrected chi connectivity index (χ2v) is 7.56. The number of aromatic hydroxyl groups is 2. The van der Waals surface area contributed by atoms with Crippen molar-refractivity contribution in [3.05, 3.63) is 53.7 Å². The summed E-state index contributed by atoms with van der Waals surface area (Å²) >= 11 is 0. The Bertz CT molecular complexity index is 1200. The van der Waals surface area contributed by atoms with E-state index >= 15 is 0 Å². The second kappa shape index (κ2) is 8.02. The number of carbonyl (C=O) groups excluding carboxylic acids is 3. The number of phenols is 1. The van der Waals surface area contributed by atoms with Crippen LogP contribution in [0.5, 0.6) is 11.6 Å². The Hall–Kier alpha value is -4.01. The van der Waals surface area contributed by atoms with Crippen molar-refractivity contribution in [3.63, 3.8) is 0 Å². The van der Waals surface area contributed by atoms with Crippen molar-refractivity contribution in [2.45, 2.75) is 32.4 Å². The number of piperidine rings is 1. The summed E-state index contributed by atoms with van der Waals surface area (Å²) in [4.78, 5) is 35.7. The number of rotatable bonds is 4. The number of amides is 4. The van der Waals surface area contributed by atoms with E-state index in [1.54, 1.807) is 37.4 Å². The summed E-state index contributed by atoms with van der Waals surface area (Å²) in [7, 11) is 0. The fourth-order valence-electron chi connectivity index (χ4n) is 3.61. The second-order valence-electron chi connectivity index (χ2n) is 7.56. The van der Waals surface area contributed by atoms with Gasteiger partial charge in [-0.1, -0.05) is 12.1 Å². The number of benzene rings is 2. The fraction of sp³-hybridized carbons (Fsp3) is 0.227. The number of urea groups is 1. The number of hydrogen-bond donors (Lipinski definition) is 5. The Kier molecular flexibility index (Phi) is 5.24. The third-order valence-corrected chi connectivity index (χ3v) is 5.35. The molecular weight excluding hydrogens is 400 g/mol. The van der Waals surface area contributed by atoms with Gasteiger partial charge in [0.2, 0.25) is 11.8 Å². The number of aryl methyl sites for hydroxylation is 1. The van der Waals surface area contributed by atoms with Gasteiger partial charge in [-0.15, -0.1) is 0 Å². The molecule has 1 unspecified atom stereocenters. The third kappa shape index (κ3) is 4.16. The number of anilines is 1. The number of imide groups is 1. The van der Waals surface area contributed by atoms with Crippen molar-refractivity contribution in [1.29, 1.82) is 0 Å². The van der Waals surface area contributed by atoms with Crippen LogP contribution in [-0.4, -0.2) is 32.6 Å². The summed E-state index contributed by atoms with van der Waals surface area (Å²) in [5.74, 6) is -0.693. The summed E-state index contributed by atoms with van der Waals surface area (Å²) in [6.45, 7) is 2.00. The maximum Gasteiger partial charge on any atom is 0.319 e. The highest BCUT2D eigenvalue weighted by molar-refractivity contribution is 6.00. The van der Waals surface area contributed by atoms with E-state index in [9.17, 15) is 24.6 Å². The lowest BCUT2D eigenvalue weighted by Crippen LogP contribution is -2.41. The Labute approximate surface area is 177 Å². The van der Waals surface area contributed by atoms with Crippen LogP contribution >= 0.6 is 0 Å². The van der Waals surface area contributed by atoms with E-state index in [1.807, 2.05) is 6.07 Å². The quantitative estimate of drug-likeness (QED) is 0.412. The van der Waals surface area contributed by atoms with E-state index in [0.29, 0.717) is 28.4 Å². The molecule has 0 saturated carbocycles. The average molecular weight is 422 g/mol. The molecule has 1 saturated heterocycles. The van der Waals surface area contributed by atoms with E-state index < -0.39 is 18.0 Å². The summed E-state index contributed by atoms with van der Waals surface area (Å²) in [6.07, 6.45) is 2.21. The standard InChI is InChI=1S/C22H22N4O5/c1-12-2-4-15(9-18(12)27)24-22(31)23-10-13-3-5-16-14(8-13)11-26(21(16)30)17-6-7-19(28)25-20(17)29/h2-5,8-9,11,17,27,30H,6-7,10H2,1H3,(H2,23,24,31)(H,25,28,29). The van der Waals surface area contributed by atoms with Crippen LogP contribution in [0.25, 0.3) is 10.8 Å². The minimum absolute atomic E-state index is 0.0408. The van der Waals surface area contributed by atoms with Crippen LogP contribution in [0.1, 0.15) is 30.0 Å². The van der Waals surface area contributed by atoms with Gasteiger partial charge in [-0.3, -0.25) is 14.9 Å². The van der Waals surface area contributed by atoms with E-state index in [0.717, 1.165) is 5.56 Å². The van der Waals surface area contributed by atoms with E-state index in [1.165, 1.54) is 10.6 Å². The molecule has 1 aliphatic rings. The van der Waals surface area contributed by atoms with Crippen LogP contribution in [0.4, 0.5) is 10.5 Å². The normalized spacial score (nSPS) is 16.2. The first-order valence-corrected chi connectivity index (χ1v) is 9.82. The highest BCUT2D eigenvalue weighted by Crippen LogP contribution is 2.33. The number of fused-ring (bicyclic) bond motifs is 1. The molecule has 3 aromatic rings. The van der Waals surface area contributed by atoms with Gasteiger partial charge in [0.05, 0.1) is 0 Å². The van der Waals surface area contributed by atoms with Crippen molar-refractivity contribution in [3.8, 4) is 11.6 Å². The maximum atomic E-state index is 12.2. The van der Waals surface area contributed by atoms with Gasteiger partial charge in [0.25, 0.3) is 0 Å². The molecule has 1 fully saturated rings. The van der Waals surface area contributed by atoms with E-state index in [-0.39, 0.29) is 30.5 Å². The average Bonchev–Trinajstić information content (AvgIpc) is 3.05. The zero-order valence-electron chi connectivity index (χ0n) is 16.8. The number of nitrogens with one attached hydrogen (secondary N) is 3. The highest BCUT2D eigenvalue weighted by atomic mass is 16.3. The smallest absolute Gasteiger partial charge is 0.319 e. The highest BCUT2D eigenvalue weighted by Gasteiger charge is 2.30. The Morgan fingerprint density at radius 3 is 2.74 bits per heavy atom. The molecule has 9 nitrogen and oxygen atoms in total. The number of hydrogen-bond acceptors (Lipinski definition) is 5. The zero-order valence-corrected chi connectivity index (χ0v) is 16.8. The summed E-state index contributed by atoms with van der Waals surface area (Å²) in [6, 6.07) is 9.11. The van der Waals surface area contributed by atoms with Crippen molar-refractivity contribution >= 4 is 34.3 Å². The number of carbonyl (C=O) groups is 3. The molecule has 4 amide bonds. The van der Waals surface area contributed by atoms with Crippen LogP contribution in [0.3, 0.4) is 0 Å². The minimum atomic E-state index is -0.650. The third-order valence-electron chi connectivity index (χ3n) is 5.35. The van der Waals surface area contributed by atoms with E-state index in [2.05, 4.69) is 16.0 Å². The molecule has 1 aliphatic heterocycles. The fourth-order valence-corrected chi connectivity index (χ4v) is 3.61. The molecule has 0 bridgehead atoms. The van der Waals surface area contributed by atoms with Crippen LogP contribution in [-0.2, 0) is 16.1 Å². The number of nitrogens with zero attached hydrogens (tertiary/aromatic N) is 1. The molecule has 0 aliphatic carbocycles. The molecule has 5 N–H and O–H groups in total. The number of aromatic nitrogens is 1.